The molecule has 0 aliphatic carbocycles. The van der Waals surface area contributed by atoms with Gasteiger partial charge in [0.15, 0.2) is 28.0 Å². The van der Waals surface area contributed by atoms with Crippen LogP contribution in [0.1, 0.15) is 40.2 Å². The van der Waals surface area contributed by atoms with Gasteiger partial charge in [-0.3, -0.25) is 14.5 Å². The number of nitrogens with zero attached hydrogens (tertiary/aromatic N) is 2. The molecule has 1 N–H and O–H groups in total. The predicted molar refractivity (Wildman–Crippen MR) is 152 cm³/mol. The summed E-state index contributed by atoms with van der Waals surface area (Å²) in [6.07, 6.45) is 0.867. The van der Waals surface area contributed by atoms with Crippen LogP contribution in [0, 0.1) is 6.92 Å². The number of benzene rings is 3. The first-order valence-corrected chi connectivity index (χ1v) is 13.5. The summed E-state index contributed by atoms with van der Waals surface area (Å²) in [5.41, 5.74) is 3.76. The average molecular weight is 559 g/mol. The average Bonchev–Trinajstić information content (AvgIpc) is 3.61. The number of aryl methyl sites for hydroxylation is 2. The molecule has 0 saturated carbocycles. The number of carbonyl (C=O) groups is 2. The Morgan fingerprint density at radius 2 is 2.00 bits per heavy atom. The molecule has 1 unspecified atom stereocenters. The molecule has 1 aliphatic rings. The van der Waals surface area contributed by atoms with Gasteiger partial charge in [-0.2, -0.15) is 0 Å². The first-order valence-electron chi connectivity index (χ1n) is 12.3. The van der Waals surface area contributed by atoms with Gasteiger partial charge >= 0.3 is 0 Å². The molecule has 39 heavy (non-hydrogen) atoms. The molecule has 0 bridgehead atoms. The van der Waals surface area contributed by atoms with Crippen molar-refractivity contribution in [2.45, 2.75) is 26.3 Å². The molecular weight excluding hydrogens is 536 g/mol. The number of anilines is 1. The Balaban J connectivity index is 1.51. The molecule has 1 atom stereocenters. The zero-order valence-corrected chi connectivity index (χ0v) is 22.9. The number of methoxy groups -OCH3 is 1. The highest BCUT2D eigenvalue weighted by Gasteiger charge is 2.46. The second-order valence-corrected chi connectivity index (χ2v) is 10.8. The van der Waals surface area contributed by atoms with Crippen LogP contribution < -0.4 is 9.64 Å². The Labute approximate surface area is 232 Å². The van der Waals surface area contributed by atoms with E-state index in [1.54, 1.807) is 12.1 Å². The van der Waals surface area contributed by atoms with Crippen LogP contribution in [0.15, 0.2) is 76.4 Å². The number of aromatic nitrogens is 1. The lowest BCUT2D eigenvalue weighted by atomic mass is 9.94. The minimum absolute atomic E-state index is 0.0451. The van der Waals surface area contributed by atoms with Crippen LogP contribution in [-0.4, -0.2) is 28.9 Å². The number of ketones is 1. The van der Waals surface area contributed by atoms with Crippen molar-refractivity contribution in [1.29, 1.82) is 0 Å². The van der Waals surface area contributed by atoms with Gasteiger partial charge in [-0.05, 0) is 48.7 Å². The van der Waals surface area contributed by atoms with Crippen molar-refractivity contribution in [2.24, 2.45) is 0 Å². The third-order valence-corrected chi connectivity index (χ3v) is 8.09. The van der Waals surface area contributed by atoms with E-state index in [0.717, 1.165) is 27.8 Å². The number of hydrogen-bond donors (Lipinski definition) is 1. The predicted octanol–water partition coefficient (Wildman–Crippen LogP) is 7.36. The van der Waals surface area contributed by atoms with Crippen molar-refractivity contribution in [3.05, 3.63) is 99.5 Å². The fraction of sp³-hybridized carbons (Fsp3) is 0.167. The lowest BCUT2D eigenvalue weighted by Gasteiger charge is -2.24. The van der Waals surface area contributed by atoms with Crippen molar-refractivity contribution >= 4 is 60.9 Å². The Morgan fingerprint density at radius 1 is 1.18 bits per heavy atom. The number of ether oxygens (including phenoxy) is 1. The Bertz CT molecular complexity index is 1840. The number of thiazole rings is 1. The summed E-state index contributed by atoms with van der Waals surface area (Å²) in [7, 11) is 1.48. The van der Waals surface area contributed by atoms with E-state index in [0.29, 0.717) is 32.4 Å². The van der Waals surface area contributed by atoms with E-state index in [1.165, 1.54) is 29.4 Å². The maximum Gasteiger partial charge on any atom is 0.296 e. The topological polar surface area (TPSA) is 92.9 Å². The number of halogens is 1. The van der Waals surface area contributed by atoms with E-state index in [-0.39, 0.29) is 11.3 Å². The van der Waals surface area contributed by atoms with Gasteiger partial charge in [0.2, 0.25) is 5.78 Å². The van der Waals surface area contributed by atoms with Crippen LogP contribution in [0.2, 0.25) is 5.02 Å². The molecule has 6 rings (SSSR count). The molecular formula is C30H23ClN2O5S. The van der Waals surface area contributed by atoms with E-state index in [9.17, 15) is 14.7 Å². The minimum atomic E-state index is -0.908. The fourth-order valence-corrected chi connectivity index (χ4v) is 6.22. The summed E-state index contributed by atoms with van der Waals surface area (Å²) in [6.45, 7) is 4.00. The summed E-state index contributed by atoms with van der Waals surface area (Å²) in [6, 6.07) is 17.3. The highest BCUT2D eigenvalue weighted by Crippen LogP contribution is 2.45. The largest absolute Gasteiger partial charge is 0.503 e. The van der Waals surface area contributed by atoms with Gasteiger partial charge in [0, 0.05) is 16.5 Å². The van der Waals surface area contributed by atoms with Crippen LogP contribution in [0.5, 0.6) is 5.75 Å². The monoisotopic (exact) mass is 558 g/mol. The van der Waals surface area contributed by atoms with Crippen molar-refractivity contribution in [3.63, 3.8) is 0 Å². The van der Waals surface area contributed by atoms with E-state index < -0.39 is 23.5 Å². The second kappa shape index (κ2) is 9.55. The van der Waals surface area contributed by atoms with Gasteiger partial charge in [0.1, 0.15) is 0 Å². The molecule has 0 radical (unpaired) electrons. The SMILES string of the molecule is CCc1ccc2nc(N3C(=O)C(O)=C(C(=O)c4cc5cc(Cl)cc(OC)c5o4)C3c3cccc(C)c3)sc2c1. The number of furan rings is 1. The van der Waals surface area contributed by atoms with E-state index >= 15 is 0 Å². The number of carbonyl (C=O) groups excluding carboxylic acids is 2. The summed E-state index contributed by atoms with van der Waals surface area (Å²) in [4.78, 5) is 33.7. The van der Waals surface area contributed by atoms with Crippen LogP contribution in [0.25, 0.3) is 21.2 Å². The van der Waals surface area contributed by atoms with E-state index in [2.05, 4.69) is 6.92 Å². The molecule has 7 nitrogen and oxygen atoms in total. The molecule has 1 aliphatic heterocycles. The Morgan fingerprint density at radius 3 is 2.74 bits per heavy atom. The number of Topliss-reactive ketones (excluding diaryl/α,β-unsaturated/α-hetero) is 1. The van der Waals surface area contributed by atoms with Crippen molar-refractivity contribution in [2.75, 3.05) is 12.0 Å². The van der Waals surface area contributed by atoms with Gasteiger partial charge < -0.3 is 14.3 Å². The fourth-order valence-electron chi connectivity index (χ4n) is 4.95. The molecule has 196 valence electrons. The molecule has 0 saturated heterocycles. The number of amides is 1. The van der Waals surface area contributed by atoms with Gasteiger partial charge in [0.05, 0.1) is 28.9 Å². The molecule has 0 spiro atoms. The van der Waals surface area contributed by atoms with Gasteiger partial charge in [-0.25, -0.2) is 4.98 Å². The number of aliphatic hydroxyl groups is 1. The van der Waals surface area contributed by atoms with E-state index in [4.69, 9.17) is 25.7 Å². The molecule has 2 aromatic heterocycles. The smallest absolute Gasteiger partial charge is 0.296 e. The summed E-state index contributed by atoms with van der Waals surface area (Å²) in [5, 5.41) is 12.5. The van der Waals surface area contributed by atoms with Gasteiger partial charge in [-0.15, -0.1) is 0 Å². The van der Waals surface area contributed by atoms with Gasteiger partial charge in [-0.1, -0.05) is 65.8 Å². The van der Waals surface area contributed by atoms with Gasteiger partial charge in [0.25, 0.3) is 5.91 Å². The maximum absolute atomic E-state index is 14.0. The molecule has 1 amide bonds. The number of rotatable bonds is 6. The second-order valence-electron chi connectivity index (χ2n) is 9.37. The number of hydrogen-bond acceptors (Lipinski definition) is 7. The van der Waals surface area contributed by atoms with Crippen LogP contribution in [0.3, 0.4) is 0 Å². The summed E-state index contributed by atoms with van der Waals surface area (Å²) < 4.78 is 12.2. The molecule has 9 heteroatoms. The number of aliphatic hydroxyl groups excluding tert-OH is 1. The van der Waals surface area contributed by atoms with Crippen LogP contribution >= 0.6 is 22.9 Å². The molecule has 3 aromatic carbocycles. The normalized spacial score (nSPS) is 15.6. The maximum atomic E-state index is 14.0. The lowest BCUT2D eigenvalue weighted by molar-refractivity contribution is -0.117. The highest BCUT2D eigenvalue weighted by molar-refractivity contribution is 7.22. The highest BCUT2D eigenvalue weighted by atomic mass is 35.5. The summed E-state index contributed by atoms with van der Waals surface area (Å²) >= 11 is 7.55. The van der Waals surface area contributed by atoms with Crippen molar-refractivity contribution in [3.8, 4) is 5.75 Å². The molecule has 0 fully saturated rings. The third-order valence-electron chi connectivity index (χ3n) is 6.86. The zero-order valence-electron chi connectivity index (χ0n) is 21.3. The quantitative estimate of drug-likeness (QED) is 0.219. The Hall–Kier alpha value is -4.14. The standard InChI is InChI=1S/C30H23ClN2O5S/c1-4-16-8-9-20-23(11-16)39-30(32-20)33-25(17-7-5-6-15(2)10-17)24(27(35)29(33)36)26(34)21-13-18-12-19(31)14-22(37-3)28(18)38-21/h5-14,25,35H,4H2,1-3H3. The van der Waals surface area contributed by atoms with Crippen molar-refractivity contribution < 1.29 is 23.8 Å². The van der Waals surface area contributed by atoms with E-state index in [1.807, 2.05) is 49.4 Å². The molecule has 5 aromatic rings. The third kappa shape index (κ3) is 4.16. The first kappa shape index (κ1) is 25.2. The number of fused-ring (bicyclic) bond motifs is 2. The Kier molecular flexibility index (Phi) is 6.16. The first-order chi connectivity index (χ1) is 18.8. The summed E-state index contributed by atoms with van der Waals surface area (Å²) in [5.74, 6) is -1.62. The van der Waals surface area contributed by atoms with Crippen LogP contribution in [-0.2, 0) is 11.2 Å². The molecule has 3 heterocycles. The minimum Gasteiger partial charge on any atom is -0.503 e. The zero-order chi connectivity index (χ0) is 27.4. The lowest BCUT2D eigenvalue weighted by Crippen LogP contribution is -2.31. The van der Waals surface area contributed by atoms with Crippen LogP contribution in [0.4, 0.5) is 5.13 Å². The van der Waals surface area contributed by atoms with Crippen molar-refractivity contribution in [1.82, 2.24) is 4.98 Å².